The lowest BCUT2D eigenvalue weighted by Gasteiger charge is -2.04. The van der Waals surface area contributed by atoms with E-state index in [2.05, 4.69) is 4.98 Å². The molecule has 6 nitrogen and oxygen atoms in total. The van der Waals surface area contributed by atoms with Gasteiger partial charge in [0.1, 0.15) is 0 Å². The number of halogens is 3. The number of carbonyl (C=O) groups is 1. The first kappa shape index (κ1) is 13.2. The maximum absolute atomic E-state index is 12.6. The van der Waals surface area contributed by atoms with Crippen LogP contribution in [0.1, 0.15) is 17.7 Å². The van der Waals surface area contributed by atoms with Crippen LogP contribution in [0.25, 0.3) is 0 Å². The lowest BCUT2D eigenvalue weighted by molar-refractivity contribution is -0.389. The van der Waals surface area contributed by atoms with Gasteiger partial charge in [0.2, 0.25) is 5.69 Å². The monoisotopic (exact) mass is 266 g/mol. The second-order valence-corrected chi connectivity index (χ2v) is 3.36. The predicted molar refractivity (Wildman–Crippen MR) is 52.2 cm³/mol. The van der Waals surface area contributed by atoms with Gasteiger partial charge in [-0.1, -0.05) is 11.6 Å². The van der Waals surface area contributed by atoms with E-state index in [0.717, 1.165) is 6.07 Å². The number of aliphatic carboxylic acids is 1. The van der Waals surface area contributed by atoms with Crippen LogP contribution >= 0.6 is 11.6 Å². The fourth-order valence-electron chi connectivity index (χ4n) is 1.15. The Balaban J connectivity index is 3.38. The molecule has 0 aliphatic rings. The van der Waals surface area contributed by atoms with Gasteiger partial charge in [-0.2, -0.15) is 0 Å². The summed E-state index contributed by atoms with van der Waals surface area (Å²) >= 11 is 5.53. The van der Waals surface area contributed by atoms with Crippen LogP contribution in [0.15, 0.2) is 6.07 Å². The van der Waals surface area contributed by atoms with Crippen molar-refractivity contribution in [2.24, 2.45) is 0 Å². The van der Waals surface area contributed by atoms with Gasteiger partial charge in [-0.15, -0.1) is 0 Å². The topological polar surface area (TPSA) is 93.3 Å². The summed E-state index contributed by atoms with van der Waals surface area (Å²) in [5.41, 5.74) is -1.40. The van der Waals surface area contributed by atoms with Crippen molar-refractivity contribution >= 4 is 23.4 Å². The minimum Gasteiger partial charge on any atom is -0.481 e. The van der Waals surface area contributed by atoms with Crippen molar-refractivity contribution in [3.8, 4) is 0 Å². The molecule has 0 aromatic carbocycles. The minimum atomic E-state index is -3.14. The van der Waals surface area contributed by atoms with E-state index >= 15 is 0 Å². The molecule has 0 unspecified atom stereocenters. The minimum absolute atomic E-state index is 0.413. The highest BCUT2D eigenvalue weighted by atomic mass is 35.5. The molecular weight excluding hydrogens is 262 g/mol. The molecule has 0 aliphatic carbocycles. The zero-order valence-corrected chi connectivity index (χ0v) is 8.82. The highest BCUT2D eigenvalue weighted by molar-refractivity contribution is 6.31. The van der Waals surface area contributed by atoms with Crippen molar-refractivity contribution in [3.05, 3.63) is 32.5 Å². The van der Waals surface area contributed by atoms with Crippen LogP contribution in [0.3, 0.4) is 0 Å². The molecular formula is C8H5ClF2N2O4. The molecule has 1 rings (SSSR count). The van der Waals surface area contributed by atoms with E-state index in [1.54, 1.807) is 0 Å². The average Bonchev–Trinajstić information content (AvgIpc) is 2.19. The quantitative estimate of drug-likeness (QED) is 0.666. The van der Waals surface area contributed by atoms with Crippen LogP contribution in [-0.2, 0) is 11.2 Å². The van der Waals surface area contributed by atoms with Crippen molar-refractivity contribution in [1.82, 2.24) is 4.98 Å². The Morgan fingerprint density at radius 3 is 2.65 bits per heavy atom. The third kappa shape index (κ3) is 3.06. The Bertz CT molecular complexity index is 481. The van der Waals surface area contributed by atoms with Gasteiger partial charge in [0.15, 0.2) is 0 Å². The lowest BCUT2D eigenvalue weighted by Crippen LogP contribution is -2.08. The number of hydrogen-bond donors (Lipinski definition) is 1. The van der Waals surface area contributed by atoms with Crippen molar-refractivity contribution in [3.63, 3.8) is 0 Å². The summed E-state index contributed by atoms with van der Waals surface area (Å²) in [6, 6.07) is 0.742. The number of nitrogens with zero attached hydrogens (tertiary/aromatic N) is 2. The summed E-state index contributed by atoms with van der Waals surface area (Å²) in [6.07, 6.45) is -3.91. The first-order valence-electron chi connectivity index (χ1n) is 4.16. The number of carboxylic acids is 1. The maximum Gasteiger partial charge on any atom is 0.365 e. The largest absolute Gasteiger partial charge is 0.481 e. The summed E-state index contributed by atoms with van der Waals surface area (Å²) in [7, 11) is 0. The first-order chi connectivity index (χ1) is 7.82. The van der Waals surface area contributed by atoms with E-state index in [4.69, 9.17) is 16.7 Å². The molecule has 0 radical (unpaired) electrons. The molecule has 0 spiro atoms. The fraction of sp³-hybridized carbons (Fsp3) is 0.250. The number of aromatic nitrogens is 1. The molecule has 0 atom stereocenters. The molecule has 1 aromatic rings. The number of hydrogen-bond acceptors (Lipinski definition) is 4. The fourth-order valence-corrected chi connectivity index (χ4v) is 1.41. The van der Waals surface area contributed by atoms with Crippen LogP contribution < -0.4 is 0 Å². The molecule has 0 amide bonds. The number of nitro groups is 1. The van der Waals surface area contributed by atoms with Crippen LogP contribution in [0, 0.1) is 10.1 Å². The Labute approximate surface area is 98.0 Å². The van der Waals surface area contributed by atoms with Gasteiger partial charge < -0.3 is 15.2 Å². The number of carboxylic acid groups (broad SMARTS) is 1. The summed E-state index contributed by atoms with van der Waals surface area (Å²) in [4.78, 5) is 22.9. The van der Waals surface area contributed by atoms with E-state index in [0.29, 0.717) is 0 Å². The Morgan fingerprint density at radius 1 is 1.65 bits per heavy atom. The van der Waals surface area contributed by atoms with Crippen LogP contribution in [0.2, 0.25) is 5.02 Å². The second kappa shape index (κ2) is 5.00. The van der Waals surface area contributed by atoms with Gasteiger partial charge in [0.25, 0.3) is 0 Å². The summed E-state index contributed by atoms with van der Waals surface area (Å²) in [5.74, 6) is -2.23. The maximum atomic E-state index is 12.6. The van der Waals surface area contributed by atoms with Gasteiger partial charge in [0.05, 0.1) is 17.5 Å². The third-order valence-electron chi connectivity index (χ3n) is 1.81. The molecule has 9 heteroatoms. The molecule has 17 heavy (non-hydrogen) atoms. The van der Waals surface area contributed by atoms with E-state index in [-0.39, 0.29) is 0 Å². The smallest absolute Gasteiger partial charge is 0.365 e. The highest BCUT2D eigenvalue weighted by Gasteiger charge is 2.27. The van der Waals surface area contributed by atoms with Gasteiger partial charge in [-0.25, -0.2) is 8.78 Å². The van der Waals surface area contributed by atoms with Crippen molar-refractivity contribution in [2.75, 3.05) is 0 Å². The Hall–Kier alpha value is -1.83. The number of rotatable bonds is 4. The van der Waals surface area contributed by atoms with Gasteiger partial charge in [-0.3, -0.25) is 4.79 Å². The predicted octanol–water partition coefficient (Wildman–Crippen LogP) is 2.21. The molecule has 92 valence electrons. The number of alkyl halides is 2. The normalized spacial score (nSPS) is 10.6. The first-order valence-corrected chi connectivity index (χ1v) is 4.54. The van der Waals surface area contributed by atoms with Crippen molar-refractivity contribution in [2.45, 2.75) is 12.8 Å². The number of pyridine rings is 1. The second-order valence-electron chi connectivity index (χ2n) is 2.95. The molecule has 1 N–H and O–H groups in total. The van der Waals surface area contributed by atoms with Crippen LogP contribution in [0.5, 0.6) is 0 Å². The molecule has 0 saturated carbocycles. The average molecular weight is 267 g/mol. The van der Waals surface area contributed by atoms with E-state index < -0.39 is 45.8 Å². The van der Waals surface area contributed by atoms with Gasteiger partial charge in [0, 0.05) is 5.56 Å². The summed E-state index contributed by atoms with van der Waals surface area (Å²) in [6.45, 7) is 0. The summed E-state index contributed by atoms with van der Waals surface area (Å²) < 4.78 is 25.1. The van der Waals surface area contributed by atoms with E-state index in [1.807, 2.05) is 0 Å². The molecule has 0 bridgehead atoms. The Kier molecular flexibility index (Phi) is 3.89. The standard InChI is InChI=1S/C8H5ClF2N2O4/c9-4-2-5(13(16)17)12-7(8(10)11)3(4)1-6(14)15/h2,8H,1H2,(H,14,15). The zero-order valence-electron chi connectivity index (χ0n) is 8.06. The van der Waals surface area contributed by atoms with E-state index in [1.165, 1.54) is 0 Å². The summed E-state index contributed by atoms with van der Waals surface area (Å²) in [5, 5.41) is 18.5. The van der Waals surface area contributed by atoms with Crippen molar-refractivity contribution in [1.29, 1.82) is 0 Å². The molecule has 0 saturated heterocycles. The SMILES string of the molecule is O=C(O)Cc1c(Cl)cc([N+](=O)[O-])nc1C(F)F. The van der Waals surface area contributed by atoms with E-state index in [9.17, 15) is 23.7 Å². The molecule has 0 aliphatic heterocycles. The Morgan fingerprint density at radius 2 is 2.24 bits per heavy atom. The molecule has 1 heterocycles. The lowest BCUT2D eigenvalue weighted by atomic mass is 10.1. The molecule has 0 fully saturated rings. The van der Waals surface area contributed by atoms with Crippen LogP contribution in [-0.4, -0.2) is 21.0 Å². The van der Waals surface area contributed by atoms with Crippen molar-refractivity contribution < 1.29 is 23.6 Å². The third-order valence-corrected chi connectivity index (χ3v) is 2.15. The zero-order chi connectivity index (χ0) is 13.2. The van der Waals surface area contributed by atoms with Crippen LogP contribution in [0.4, 0.5) is 14.6 Å². The van der Waals surface area contributed by atoms with Gasteiger partial charge >= 0.3 is 18.2 Å². The van der Waals surface area contributed by atoms with Gasteiger partial charge in [-0.05, 0) is 9.91 Å². The molecule has 1 aromatic heterocycles. The highest BCUT2D eigenvalue weighted by Crippen LogP contribution is 2.30.